The van der Waals surface area contributed by atoms with Crippen LogP contribution in [-0.4, -0.2) is 7.11 Å². The molecule has 2 aromatic carbocycles. The standard InChI is InChI=1S/C18H14NO/c1-20-13-9-10-16-14-6-2-3-7-15(14)17-8-4-5-11-19(17)18(16)12-13/h2-12H,1H3/q+1. The number of benzene rings is 2. The molecule has 0 bridgehead atoms. The van der Waals surface area contributed by atoms with Crippen molar-refractivity contribution < 1.29 is 9.14 Å². The summed E-state index contributed by atoms with van der Waals surface area (Å²) >= 11 is 0. The molecule has 0 aliphatic heterocycles. The number of fused-ring (bicyclic) bond motifs is 6. The minimum Gasteiger partial charge on any atom is -0.497 e. The van der Waals surface area contributed by atoms with Crippen molar-refractivity contribution in [3.63, 3.8) is 0 Å². The summed E-state index contributed by atoms with van der Waals surface area (Å²) in [5.74, 6) is 0.880. The summed E-state index contributed by atoms with van der Waals surface area (Å²) in [6, 6.07) is 21.1. The first-order chi connectivity index (χ1) is 9.88. The summed E-state index contributed by atoms with van der Waals surface area (Å²) in [5, 5.41) is 3.78. The molecule has 2 aromatic heterocycles. The summed E-state index contributed by atoms with van der Waals surface area (Å²) in [6.45, 7) is 0. The van der Waals surface area contributed by atoms with E-state index < -0.39 is 0 Å². The Balaban J connectivity index is 2.35. The van der Waals surface area contributed by atoms with Gasteiger partial charge in [-0.15, -0.1) is 0 Å². The Bertz CT molecular complexity index is 908. The molecule has 2 heteroatoms. The van der Waals surface area contributed by atoms with Crippen LogP contribution in [0.15, 0.2) is 66.9 Å². The highest BCUT2D eigenvalue weighted by molar-refractivity contribution is 6.09. The van der Waals surface area contributed by atoms with Gasteiger partial charge in [-0.25, -0.2) is 0 Å². The molecule has 4 aromatic rings. The van der Waals surface area contributed by atoms with Gasteiger partial charge in [-0.2, -0.15) is 4.40 Å². The van der Waals surface area contributed by atoms with E-state index in [1.807, 2.05) is 6.07 Å². The van der Waals surface area contributed by atoms with E-state index >= 15 is 0 Å². The first-order valence-electron chi connectivity index (χ1n) is 6.67. The Morgan fingerprint density at radius 1 is 0.750 bits per heavy atom. The number of aromatic nitrogens is 1. The van der Waals surface area contributed by atoms with Crippen molar-refractivity contribution >= 4 is 27.2 Å². The van der Waals surface area contributed by atoms with Crippen molar-refractivity contribution in [1.29, 1.82) is 0 Å². The van der Waals surface area contributed by atoms with Crippen LogP contribution in [0, 0.1) is 0 Å². The van der Waals surface area contributed by atoms with E-state index in [1.165, 1.54) is 27.2 Å². The lowest BCUT2D eigenvalue weighted by molar-refractivity contribution is -0.480. The molecule has 0 amide bonds. The lowest BCUT2D eigenvalue weighted by Gasteiger charge is -2.05. The van der Waals surface area contributed by atoms with Gasteiger partial charge in [0.15, 0.2) is 6.20 Å². The van der Waals surface area contributed by atoms with Crippen LogP contribution in [0.25, 0.3) is 27.2 Å². The third-order valence-electron chi connectivity index (χ3n) is 3.82. The SMILES string of the molecule is COc1ccc2c3ccccc3c3cccc[n+]3c2c1. The zero-order valence-corrected chi connectivity index (χ0v) is 11.2. The topological polar surface area (TPSA) is 13.3 Å². The number of hydrogen-bond donors (Lipinski definition) is 0. The second kappa shape index (κ2) is 4.20. The Morgan fingerprint density at radius 2 is 1.50 bits per heavy atom. The van der Waals surface area contributed by atoms with Crippen LogP contribution in [0.3, 0.4) is 0 Å². The average Bonchev–Trinajstić information content (AvgIpc) is 2.54. The third-order valence-corrected chi connectivity index (χ3v) is 3.82. The molecule has 0 saturated carbocycles. The molecule has 0 aliphatic carbocycles. The molecule has 0 saturated heterocycles. The molecule has 2 heterocycles. The second-order valence-electron chi connectivity index (χ2n) is 4.88. The summed E-state index contributed by atoms with van der Waals surface area (Å²) < 4.78 is 7.59. The summed E-state index contributed by atoms with van der Waals surface area (Å²) in [4.78, 5) is 0. The molecule has 0 N–H and O–H groups in total. The van der Waals surface area contributed by atoms with Crippen LogP contribution in [0.5, 0.6) is 5.75 Å². The minimum absolute atomic E-state index is 0.880. The highest BCUT2D eigenvalue weighted by Crippen LogP contribution is 2.28. The molecular weight excluding hydrogens is 246 g/mol. The van der Waals surface area contributed by atoms with Crippen molar-refractivity contribution in [3.05, 3.63) is 66.9 Å². The quantitative estimate of drug-likeness (QED) is 0.375. The van der Waals surface area contributed by atoms with Crippen LogP contribution in [0.4, 0.5) is 0 Å². The van der Waals surface area contributed by atoms with Crippen molar-refractivity contribution in [2.75, 3.05) is 7.11 Å². The van der Waals surface area contributed by atoms with Gasteiger partial charge in [-0.05, 0) is 24.3 Å². The van der Waals surface area contributed by atoms with E-state index in [1.54, 1.807) is 7.11 Å². The smallest absolute Gasteiger partial charge is 0.222 e. The van der Waals surface area contributed by atoms with Crippen LogP contribution in [0.2, 0.25) is 0 Å². The van der Waals surface area contributed by atoms with Gasteiger partial charge in [0.1, 0.15) is 5.75 Å². The Hall–Kier alpha value is -2.61. The number of pyridine rings is 2. The van der Waals surface area contributed by atoms with Gasteiger partial charge >= 0.3 is 0 Å². The van der Waals surface area contributed by atoms with Gasteiger partial charge in [0.05, 0.1) is 23.9 Å². The molecule has 0 unspecified atom stereocenters. The third kappa shape index (κ3) is 1.48. The van der Waals surface area contributed by atoms with E-state index in [-0.39, 0.29) is 0 Å². The van der Waals surface area contributed by atoms with Crippen LogP contribution < -0.4 is 9.14 Å². The first-order valence-corrected chi connectivity index (χ1v) is 6.67. The largest absolute Gasteiger partial charge is 0.497 e. The zero-order valence-electron chi connectivity index (χ0n) is 11.2. The molecule has 0 radical (unpaired) electrons. The van der Waals surface area contributed by atoms with Gasteiger partial charge in [-0.3, -0.25) is 0 Å². The molecule has 4 rings (SSSR count). The van der Waals surface area contributed by atoms with Gasteiger partial charge in [0.2, 0.25) is 11.0 Å². The van der Waals surface area contributed by atoms with E-state index in [2.05, 4.69) is 65.2 Å². The molecule has 0 spiro atoms. The molecule has 0 atom stereocenters. The van der Waals surface area contributed by atoms with Crippen LogP contribution >= 0.6 is 0 Å². The van der Waals surface area contributed by atoms with Crippen molar-refractivity contribution in [2.24, 2.45) is 0 Å². The van der Waals surface area contributed by atoms with Gasteiger partial charge in [0, 0.05) is 17.5 Å². The maximum Gasteiger partial charge on any atom is 0.222 e. The number of ether oxygens (including phenoxy) is 1. The molecule has 96 valence electrons. The fourth-order valence-electron chi connectivity index (χ4n) is 2.88. The maximum atomic E-state index is 5.37. The van der Waals surface area contributed by atoms with E-state index in [0.717, 1.165) is 5.75 Å². The predicted octanol–water partition coefficient (Wildman–Crippen LogP) is 3.74. The molecule has 0 fully saturated rings. The van der Waals surface area contributed by atoms with Gasteiger partial charge < -0.3 is 4.74 Å². The molecule has 2 nitrogen and oxygen atoms in total. The fraction of sp³-hybridized carbons (Fsp3) is 0.0556. The highest BCUT2D eigenvalue weighted by Gasteiger charge is 2.15. The number of hydrogen-bond acceptors (Lipinski definition) is 1. The Morgan fingerprint density at radius 3 is 2.35 bits per heavy atom. The van der Waals surface area contributed by atoms with Crippen LogP contribution in [0.1, 0.15) is 0 Å². The van der Waals surface area contributed by atoms with Crippen LogP contribution in [-0.2, 0) is 0 Å². The van der Waals surface area contributed by atoms with E-state index in [9.17, 15) is 0 Å². The summed E-state index contributed by atoms with van der Waals surface area (Å²) in [6.07, 6.45) is 2.10. The number of methoxy groups -OCH3 is 1. The van der Waals surface area contributed by atoms with Crippen molar-refractivity contribution in [3.8, 4) is 5.75 Å². The normalized spacial score (nSPS) is 11.2. The molecule has 20 heavy (non-hydrogen) atoms. The van der Waals surface area contributed by atoms with Crippen molar-refractivity contribution in [2.45, 2.75) is 0 Å². The first kappa shape index (κ1) is 11.2. The average molecular weight is 260 g/mol. The van der Waals surface area contributed by atoms with E-state index in [4.69, 9.17) is 4.74 Å². The highest BCUT2D eigenvalue weighted by atomic mass is 16.5. The maximum absolute atomic E-state index is 5.37. The summed E-state index contributed by atoms with van der Waals surface area (Å²) in [5.41, 5.74) is 2.38. The predicted molar refractivity (Wildman–Crippen MR) is 81.2 cm³/mol. The lowest BCUT2D eigenvalue weighted by Crippen LogP contribution is -2.22. The second-order valence-corrected chi connectivity index (χ2v) is 4.88. The Kier molecular flexibility index (Phi) is 2.36. The Labute approximate surface area is 116 Å². The van der Waals surface area contributed by atoms with E-state index in [0.29, 0.717) is 0 Å². The number of nitrogens with zero attached hydrogens (tertiary/aromatic N) is 1. The lowest BCUT2D eigenvalue weighted by atomic mass is 10.0. The monoisotopic (exact) mass is 260 g/mol. The fourth-order valence-corrected chi connectivity index (χ4v) is 2.88. The zero-order chi connectivity index (χ0) is 13.5. The number of rotatable bonds is 1. The summed E-state index contributed by atoms with van der Waals surface area (Å²) in [7, 11) is 1.70. The van der Waals surface area contributed by atoms with Crippen molar-refractivity contribution in [1.82, 2.24) is 0 Å². The molecule has 0 aliphatic rings. The molecular formula is C18H14NO+. The van der Waals surface area contributed by atoms with Gasteiger partial charge in [-0.1, -0.05) is 18.2 Å². The van der Waals surface area contributed by atoms with Gasteiger partial charge in [0.25, 0.3) is 0 Å². The minimum atomic E-state index is 0.880.